The van der Waals surface area contributed by atoms with E-state index >= 15 is 0 Å². The highest BCUT2D eigenvalue weighted by molar-refractivity contribution is 7.99. The molecule has 0 aliphatic carbocycles. The lowest BCUT2D eigenvalue weighted by Gasteiger charge is -2.09. The van der Waals surface area contributed by atoms with Crippen LogP contribution < -0.4 is 11.2 Å². The highest BCUT2D eigenvalue weighted by Crippen LogP contribution is 2.25. The van der Waals surface area contributed by atoms with E-state index in [1.807, 2.05) is 86.6 Å². The van der Waals surface area contributed by atoms with Gasteiger partial charge in [-0.3, -0.25) is 4.79 Å². The maximum Gasteiger partial charge on any atom is 0.271 e. The van der Waals surface area contributed by atoms with Crippen LogP contribution in [0.2, 0.25) is 0 Å². The van der Waals surface area contributed by atoms with Gasteiger partial charge in [-0.25, -0.2) is 14.0 Å². The molecular formula is C24H23N9OS. The average molecular weight is 486 g/mol. The number of nitrogens with one attached hydrogen (secondary N) is 1. The number of hydrogen-bond acceptors (Lipinski definition) is 7. The maximum atomic E-state index is 12.9. The summed E-state index contributed by atoms with van der Waals surface area (Å²) in [6.45, 7) is 3.80. The monoisotopic (exact) mass is 485 g/mol. The molecule has 0 bridgehead atoms. The first-order valence-corrected chi connectivity index (χ1v) is 11.9. The molecule has 0 saturated heterocycles. The van der Waals surface area contributed by atoms with Crippen molar-refractivity contribution in [3.8, 4) is 22.9 Å². The Morgan fingerprint density at radius 3 is 2.34 bits per heavy atom. The number of hydrogen-bond donors (Lipinski definition) is 2. The van der Waals surface area contributed by atoms with E-state index < -0.39 is 0 Å². The van der Waals surface area contributed by atoms with E-state index in [4.69, 9.17) is 10.9 Å². The first kappa shape index (κ1) is 22.4. The van der Waals surface area contributed by atoms with E-state index in [2.05, 4.69) is 20.6 Å². The van der Waals surface area contributed by atoms with Gasteiger partial charge in [-0.1, -0.05) is 60.3 Å². The molecule has 3 N–H and O–H groups in total. The van der Waals surface area contributed by atoms with E-state index in [1.165, 1.54) is 16.4 Å². The predicted molar refractivity (Wildman–Crippen MR) is 135 cm³/mol. The third-order valence-electron chi connectivity index (χ3n) is 5.23. The van der Waals surface area contributed by atoms with E-state index in [-0.39, 0.29) is 11.7 Å². The van der Waals surface area contributed by atoms with Gasteiger partial charge in [0.15, 0.2) is 0 Å². The van der Waals surface area contributed by atoms with Gasteiger partial charge in [0.2, 0.25) is 11.1 Å². The standard InChI is InChI=1S/C24H23N9OS/c1-16-13-17(2)32(29-16)23-27-28-24(31(23)25)35-15-22(34)26-21-14-20(18-9-5-3-6-10-18)30-33(21)19-11-7-4-8-12-19/h3-14H,15,25H2,1-2H3,(H,26,34). The minimum absolute atomic E-state index is 0.0904. The Kier molecular flexibility index (Phi) is 6.06. The van der Waals surface area contributed by atoms with Gasteiger partial charge in [0.1, 0.15) is 5.82 Å². The van der Waals surface area contributed by atoms with Crippen molar-refractivity contribution in [2.45, 2.75) is 19.0 Å². The molecule has 2 aromatic carbocycles. The van der Waals surface area contributed by atoms with Gasteiger partial charge in [0, 0.05) is 17.3 Å². The molecule has 3 aromatic heterocycles. The van der Waals surface area contributed by atoms with Crippen molar-refractivity contribution in [1.29, 1.82) is 0 Å². The van der Waals surface area contributed by atoms with Crippen molar-refractivity contribution < 1.29 is 4.79 Å². The van der Waals surface area contributed by atoms with Crippen LogP contribution in [0.15, 0.2) is 78.0 Å². The summed E-state index contributed by atoms with van der Waals surface area (Å²) in [5.74, 6) is 7.00. The first-order chi connectivity index (χ1) is 17.0. The molecule has 1 amide bonds. The topological polar surface area (TPSA) is 121 Å². The number of benzene rings is 2. The third-order valence-corrected chi connectivity index (χ3v) is 6.17. The number of anilines is 1. The highest BCUT2D eigenvalue weighted by atomic mass is 32.2. The number of carbonyl (C=O) groups is 1. The van der Waals surface area contributed by atoms with Gasteiger partial charge in [0.25, 0.3) is 5.95 Å². The number of thioether (sulfide) groups is 1. The molecule has 0 saturated carbocycles. The number of amides is 1. The summed E-state index contributed by atoms with van der Waals surface area (Å²) in [7, 11) is 0. The van der Waals surface area contributed by atoms with E-state index in [0.717, 1.165) is 28.3 Å². The van der Waals surface area contributed by atoms with Crippen LogP contribution in [0.1, 0.15) is 11.4 Å². The van der Waals surface area contributed by atoms with E-state index in [1.54, 1.807) is 9.36 Å². The normalized spacial score (nSPS) is 11.0. The summed E-state index contributed by atoms with van der Waals surface area (Å²) in [4.78, 5) is 12.9. The van der Waals surface area contributed by atoms with Crippen molar-refractivity contribution in [1.82, 2.24) is 34.4 Å². The summed E-state index contributed by atoms with van der Waals surface area (Å²) in [6.07, 6.45) is 0. The van der Waals surface area contributed by atoms with Crippen molar-refractivity contribution in [2.75, 3.05) is 16.9 Å². The van der Waals surface area contributed by atoms with Gasteiger partial charge in [-0.15, -0.1) is 10.2 Å². The summed E-state index contributed by atoms with van der Waals surface area (Å²) >= 11 is 1.19. The Bertz CT molecular complexity index is 1470. The zero-order valence-corrected chi connectivity index (χ0v) is 20.0. The largest absolute Gasteiger partial charge is 0.334 e. The number of nitrogens with two attached hydrogens (primary N) is 1. The van der Waals surface area contributed by atoms with Crippen LogP contribution in [0.3, 0.4) is 0 Å². The van der Waals surface area contributed by atoms with Crippen molar-refractivity contribution >= 4 is 23.5 Å². The van der Waals surface area contributed by atoms with Crippen LogP contribution in [0, 0.1) is 13.8 Å². The Labute approximate surface area is 205 Å². The molecule has 35 heavy (non-hydrogen) atoms. The maximum absolute atomic E-state index is 12.9. The highest BCUT2D eigenvalue weighted by Gasteiger charge is 2.18. The number of rotatable bonds is 7. The quantitative estimate of drug-likeness (QED) is 0.268. The zero-order valence-electron chi connectivity index (χ0n) is 19.2. The summed E-state index contributed by atoms with van der Waals surface area (Å²) in [6, 6.07) is 23.3. The Balaban J connectivity index is 1.34. The molecule has 11 heteroatoms. The number of nitrogens with zero attached hydrogens (tertiary/aromatic N) is 7. The molecular weight excluding hydrogens is 462 g/mol. The van der Waals surface area contributed by atoms with E-state index in [0.29, 0.717) is 16.9 Å². The molecule has 0 aliphatic heterocycles. The number of aryl methyl sites for hydroxylation is 2. The lowest BCUT2D eigenvalue weighted by atomic mass is 10.2. The second kappa shape index (κ2) is 9.47. The lowest BCUT2D eigenvalue weighted by molar-refractivity contribution is -0.113. The molecule has 0 unspecified atom stereocenters. The van der Waals surface area contributed by atoms with Gasteiger partial charge in [-0.2, -0.15) is 10.2 Å². The minimum atomic E-state index is -0.220. The van der Waals surface area contributed by atoms with Gasteiger partial charge < -0.3 is 11.2 Å². The van der Waals surface area contributed by atoms with Crippen molar-refractivity contribution in [2.24, 2.45) is 0 Å². The first-order valence-electron chi connectivity index (χ1n) is 10.9. The molecule has 0 fully saturated rings. The summed E-state index contributed by atoms with van der Waals surface area (Å²) in [5.41, 5.74) is 4.30. The molecule has 0 aliphatic rings. The minimum Gasteiger partial charge on any atom is -0.334 e. The SMILES string of the molecule is Cc1cc(C)n(-c2nnc(SCC(=O)Nc3cc(-c4ccccc4)nn3-c3ccccc3)n2N)n1. The Morgan fingerprint density at radius 2 is 1.66 bits per heavy atom. The molecule has 3 heterocycles. The van der Waals surface area contributed by atoms with Crippen LogP contribution >= 0.6 is 11.8 Å². The summed E-state index contributed by atoms with van der Waals surface area (Å²) in [5, 5.41) is 20.7. The number of nitrogen functional groups attached to an aromatic ring is 1. The zero-order chi connectivity index (χ0) is 24.4. The average Bonchev–Trinajstić information content (AvgIpc) is 3.55. The van der Waals surface area contributed by atoms with Crippen LogP contribution in [-0.2, 0) is 4.79 Å². The van der Waals surface area contributed by atoms with E-state index in [9.17, 15) is 4.79 Å². The smallest absolute Gasteiger partial charge is 0.271 e. The molecule has 10 nitrogen and oxygen atoms in total. The van der Waals surface area contributed by atoms with Crippen molar-refractivity contribution in [3.05, 3.63) is 84.2 Å². The fraction of sp³-hybridized carbons (Fsp3) is 0.125. The van der Waals surface area contributed by atoms with Gasteiger partial charge >= 0.3 is 0 Å². The van der Waals surface area contributed by atoms with Crippen LogP contribution in [0.5, 0.6) is 0 Å². The Morgan fingerprint density at radius 1 is 0.943 bits per heavy atom. The molecule has 0 radical (unpaired) electrons. The number of aromatic nitrogens is 7. The molecule has 0 atom stereocenters. The number of carbonyl (C=O) groups excluding carboxylic acids is 1. The fourth-order valence-corrected chi connectivity index (χ4v) is 4.29. The molecule has 5 aromatic rings. The molecule has 176 valence electrons. The van der Waals surface area contributed by atoms with Gasteiger partial charge in [0.05, 0.1) is 22.8 Å². The predicted octanol–water partition coefficient (Wildman–Crippen LogP) is 3.38. The van der Waals surface area contributed by atoms with Crippen LogP contribution in [-0.4, -0.2) is 46.1 Å². The third kappa shape index (κ3) is 4.66. The molecule has 0 spiro atoms. The lowest BCUT2D eigenvalue weighted by Crippen LogP contribution is -2.19. The fourth-order valence-electron chi connectivity index (χ4n) is 3.64. The van der Waals surface area contributed by atoms with Crippen LogP contribution in [0.4, 0.5) is 5.82 Å². The Hall–Kier alpha value is -4.38. The van der Waals surface area contributed by atoms with Crippen LogP contribution in [0.25, 0.3) is 22.9 Å². The van der Waals surface area contributed by atoms with Gasteiger partial charge in [-0.05, 0) is 32.0 Å². The second-order valence-electron chi connectivity index (χ2n) is 7.86. The summed E-state index contributed by atoms with van der Waals surface area (Å²) < 4.78 is 4.67. The second-order valence-corrected chi connectivity index (χ2v) is 8.80. The number of para-hydroxylation sites is 1. The molecule has 5 rings (SSSR count). The van der Waals surface area contributed by atoms with Crippen molar-refractivity contribution in [3.63, 3.8) is 0 Å².